The Morgan fingerprint density at radius 3 is 2.45 bits per heavy atom. The van der Waals surface area contributed by atoms with Gasteiger partial charge in [-0.15, -0.1) is 0 Å². The number of nitrogens with zero attached hydrogens (tertiary/aromatic N) is 7. The Hall–Kier alpha value is -5.83. The molecular formula is C49H55ClFN10O5P. The molecule has 4 fully saturated rings. The number of carbonyl (C=O) groups excluding carboxylic acids is 3. The SMILES string of the molecule is CCc1cc(Nc2ncc(Cl)c(Nc3ccc4nc(C)c(F)cc4c3P(C)(C)=O)n2)c(OC)cc1N1CC2(CN(CC3CCN(c4ccc5c(c4)CN(C4CCC(=O)NC4=O)C5=O)CC3)C2)C1. The van der Waals surface area contributed by atoms with Crippen LogP contribution < -0.4 is 35.8 Å². The molecule has 67 heavy (non-hydrogen) atoms. The first-order chi connectivity index (χ1) is 32.1. The number of benzene rings is 3. The third-order valence-corrected chi connectivity index (χ3v) is 16.0. The molecule has 0 aliphatic carbocycles. The second-order valence-electron chi connectivity index (χ2n) is 19.3. The number of aryl methyl sites for hydroxylation is 2. The molecule has 0 bridgehead atoms. The summed E-state index contributed by atoms with van der Waals surface area (Å²) in [4.78, 5) is 60.0. The number of fused-ring (bicyclic) bond motifs is 2. The van der Waals surface area contributed by atoms with Gasteiger partial charge >= 0.3 is 0 Å². The predicted molar refractivity (Wildman–Crippen MR) is 260 cm³/mol. The van der Waals surface area contributed by atoms with E-state index in [1.807, 2.05) is 12.1 Å². The first-order valence-electron chi connectivity index (χ1n) is 23.0. The maximum atomic E-state index is 14.7. The van der Waals surface area contributed by atoms with Crippen molar-refractivity contribution in [3.63, 3.8) is 0 Å². The molecule has 4 saturated heterocycles. The highest BCUT2D eigenvalue weighted by Gasteiger charge is 2.52. The van der Waals surface area contributed by atoms with E-state index in [0.717, 1.165) is 82.0 Å². The minimum Gasteiger partial charge on any atom is -0.494 e. The minimum absolute atomic E-state index is 0.140. The van der Waals surface area contributed by atoms with Crippen molar-refractivity contribution in [3.05, 3.63) is 88.0 Å². The number of rotatable bonds is 12. The lowest BCUT2D eigenvalue weighted by Crippen LogP contribution is -2.72. The van der Waals surface area contributed by atoms with Gasteiger partial charge in [-0.3, -0.25) is 24.7 Å². The van der Waals surface area contributed by atoms with Crippen LogP contribution in [0.1, 0.15) is 59.8 Å². The molecule has 1 spiro atoms. The van der Waals surface area contributed by atoms with Gasteiger partial charge in [0.05, 0.1) is 35.9 Å². The van der Waals surface area contributed by atoms with Crippen molar-refractivity contribution in [2.45, 2.75) is 58.5 Å². The molecule has 1 unspecified atom stereocenters. The molecule has 3 N–H and O–H groups in total. The number of ether oxygens (including phenoxy) is 1. The number of pyridine rings is 1. The van der Waals surface area contributed by atoms with Crippen LogP contribution in [0.4, 0.5) is 38.9 Å². The minimum atomic E-state index is -2.94. The Morgan fingerprint density at radius 1 is 0.955 bits per heavy atom. The van der Waals surface area contributed by atoms with Crippen molar-refractivity contribution in [3.8, 4) is 5.75 Å². The van der Waals surface area contributed by atoms with Crippen LogP contribution in [0.3, 0.4) is 0 Å². The Kier molecular flexibility index (Phi) is 11.7. The Balaban J connectivity index is 0.739. The van der Waals surface area contributed by atoms with Crippen LogP contribution in [0.25, 0.3) is 10.9 Å². The van der Waals surface area contributed by atoms with Crippen LogP contribution in [0, 0.1) is 24.1 Å². The van der Waals surface area contributed by atoms with Gasteiger partial charge < -0.3 is 39.5 Å². The van der Waals surface area contributed by atoms with Crippen molar-refractivity contribution in [1.29, 1.82) is 0 Å². The molecule has 0 saturated carbocycles. The van der Waals surface area contributed by atoms with Crippen LogP contribution in [-0.4, -0.2) is 115 Å². The van der Waals surface area contributed by atoms with Crippen molar-refractivity contribution in [2.75, 3.05) is 86.7 Å². The number of carbonyl (C=O) groups is 3. The molecule has 3 amide bonds. The first-order valence-corrected chi connectivity index (χ1v) is 26.0. The summed E-state index contributed by atoms with van der Waals surface area (Å²) in [5.41, 5.74) is 7.35. The molecule has 5 aromatic rings. The van der Waals surface area contributed by atoms with Gasteiger partial charge in [-0.2, -0.15) is 4.98 Å². The second-order valence-corrected chi connectivity index (χ2v) is 22.9. The number of likely N-dealkylation sites (tertiary alicyclic amines) is 1. The number of imide groups is 1. The third-order valence-electron chi connectivity index (χ3n) is 14.2. The molecule has 0 radical (unpaired) electrons. The fraction of sp³-hybridized carbons (Fsp3) is 0.429. The van der Waals surface area contributed by atoms with Crippen molar-refractivity contribution in [1.82, 2.24) is 30.1 Å². The normalized spacial score (nSPS) is 19.7. The summed E-state index contributed by atoms with van der Waals surface area (Å²) in [7, 11) is -1.29. The zero-order valence-electron chi connectivity index (χ0n) is 38.4. The van der Waals surface area contributed by atoms with Crippen LogP contribution >= 0.6 is 18.7 Å². The number of methoxy groups -OCH3 is 1. The average Bonchev–Trinajstić information content (AvgIpc) is 3.59. The summed E-state index contributed by atoms with van der Waals surface area (Å²) in [5.74, 6) is 0.587. The van der Waals surface area contributed by atoms with Crippen LogP contribution in [0.15, 0.2) is 54.7 Å². The average molecular weight is 949 g/mol. The molecular weight excluding hydrogens is 894 g/mol. The van der Waals surface area contributed by atoms with E-state index < -0.39 is 19.0 Å². The fourth-order valence-corrected chi connectivity index (χ4v) is 12.5. The maximum absolute atomic E-state index is 14.7. The second kappa shape index (κ2) is 17.4. The van der Waals surface area contributed by atoms with E-state index in [4.69, 9.17) is 21.3 Å². The standard InChI is InChI=1S/C49H55ClFN10O5P/c1-6-30-18-39(55-48-52-21-35(50)45(57-48)54-38-10-9-37-34(44(38)67(4,5)65)19-36(51)28(2)53-37)42(66-3)20-41(30)60-26-49(27-60)24-58(25-49)22-29-13-15-59(16-14-29)32-7-8-33-31(17-32)23-61(47(33)64)40-11-12-43(62)56-46(40)63/h7-10,17-21,29,40H,6,11-16,22-27H2,1-5H3,(H,56,62,63)(H2,52,54,55,57). The van der Waals surface area contributed by atoms with E-state index in [-0.39, 0.29) is 46.2 Å². The van der Waals surface area contributed by atoms with Crippen LogP contribution in [-0.2, 0) is 27.1 Å². The Labute approximate surface area is 394 Å². The molecule has 18 heteroatoms. The number of amides is 3. The topological polar surface area (TPSA) is 165 Å². The molecule has 5 aliphatic heterocycles. The van der Waals surface area contributed by atoms with Gasteiger partial charge in [0.1, 0.15) is 29.8 Å². The number of nitrogens with one attached hydrogen (secondary N) is 3. The monoisotopic (exact) mass is 948 g/mol. The van der Waals surface area contributed by atoms with E-state index in [1.165, 1.54) is 17.8 Å². The first kappa shape index (κ1) is 45.0. The Bertz CT molecular complexity index is 2890. The highest BCUT2D eigenvalue weighted by molar-refractivity contribution is 7.71. The summed E-state index contributed by atoms with van der Waals surface area (Å²) in [6, 6.07) is 14.5. The summed E-state index contributed by atoms with van der Waals surface area (Å²) in [6.07, 6.45) is 5.14. The van der Waals surface area contributed by atoms with Gasteiger partial charge in [-0.25, -0.2) is 9.37 Å². The summed E-state index contributed by atoms with van der Waals surface area (Å²) >= 11 is 6.62. The molecule has 2 aromatic heterocycles. The summed E-state index contributed by atoms with van der Waals surface area (Å²) in [6.45, 7) is 14.6. The molecule has 350 valence electrons. The van der Waals surface area contributed by atoms with Crippen molar-refractivity contribution < 1.29 is 28.1 Å². The van der Waals surface area contributed by atoms with Gasteiger partial charge in [-0.1, -0.05) is 18.5 Å². The Morgan fingerprint density at radius 2 is 1.73 bits per heavy atom. The van der Waals surface area contributed by atoms with Gasteiger partial charge in [0, 0.05) is 97.9 Å². The molecule has 7 heterocycles. The molecule has 5 aliphatic rings. The third kappa shape index (κ3) is 8.57. The predicted octanol–water partition coefficient (Wildman–Crippen LogP) is 7.23. The summed E-state index contributed by atoms with van der Waals surface area (Å²) < 4.78 is 34.3. The van der Waals surface area contributed by atoms with Gasteiger partial charge in [0.15, 0.2) is 5.82 Å². The van der Waals surface area contributed by atoms with Gasteiger partial charge in [0.2, 0.25) is 17.8 Å². The number of aromatic nitrogens is 3. The van der Waals surface area contributed by atoms with E-state index >= 15 is 0 Å². The van der Waals surface area contributed by atoms with E-state index in [0.29, 0.717) is 63.6 Å². The largest absolute Gasteiger partial charge is 0.494 e. The number of anilines is 6. The van der Waals surface area contributed by atoms with E-state index in [1.54, 1.807) is 44.4 Å². The van der Waals surface area contributed by atoms with E-state index in [9.17, 15) is 23.3 Å². The lowest BCUT2D eigenvalue weighted by molar-refractivity contribution is -0.136. The smallest absolute Gasteiger partial charge is 0.255 e. The number of piperidine rings is 2. The lowest BCUT2D eigenvalue weighted by Gasteiger charge is -2.62. The quantitative estimate of drug-likeness (QED) is 0.0849. The fourth-order valence-electron chi connectivity index (χ4n) is 10.9. The molecule has 15 nitrogen and oxygen atoms in total. The highest BCUT2D eigenvalue weighted by atomic mass is 35.5. The van der Waals surface area contributed by atoms with Crippen LogP contribution in [0.2, 0.25) is 5.02 Å². The summed E-state index contributed by atoms with van der Waals surface area (Å²) in [5, 5.41) is 10.2. The number of halogens is 2. The van der Waals surface area contributed by atoms with Gasteiger partial charge in [0.25, 0.3) is 5.91 Å². The van der Waals surface area contributed by atoms with Crippen LogP contribution in [0.5, 0.6) is 5.75 Å². The number of hydrogen-bond donors (Lipinski definition) is 3. The maximum Gasteiger partial charge on any atom is 0.255 e. The zero-order valence-corrected chi connectivity index (χ0v) is 40.1. The molecule has 1 atom stereocenters. The zero-order chi connectivity index (χ0) is 46.9. The van der Waals surface area contributed by atoms with Crippen molar-refractivity contribution >= 4 is 87.2 Å². The van der Waals surface area contributed by atoms with Crippen molar-refractivity contribution in [2.24, 2.45) is 11.3 Å². The van der Waals surface area contributed by atoms with Gasteiger partial charge in [-0.05, 0) is 105 Å². The molecule has 10 rings (SSSR count). The molecule has 3 aromatic carbocycles. The van der Waals surface area contributed by atoms with E-state index in [2.05, 4.69) is 65.7 Å². The lowest BCUT2D eigenvalue weighted by atomic mass is 9.72. The number of hydrogen-bond acceptors (Lipinski definition) is 13. The highest BCUT2D eigenvalue weighted by Crippen LogP contribution is 2.46.